The minimum atomic E-state index is -0.0232. The number of likely N-dealkylation sites (tertiary alicyclic amines) is 1. The van der Waals surface area contributed by atoms with E-state index in [0.717, 1.165) is 32.2 Å². The lowest BCUT2D eigenvalue weighted by atomic mass is 10.1. The summed E-state index contributed by atoms with van der Waals surface area (Å²) >= 11 is 0. The molecule has 0 aromatic rings. The molecule has 16 heavy (non-hydrogen) atoms. The maximum Gasteiger partial charge on any atom is 0.234 e. The van der Waals surface area contributed by atoms with Crippen molar-refractivity contribution in [2.24, 2.45) is 0 Å². The minimum absolute atomic E-state index is 0.0142. The fraction of sp³-hybridized carbons (Fsp3) is 0.909. The van der Waals surface area contributed by atoms with E-state index < -0.39 is 0 Å². The summed E-state index contributed by atoms with van der Waals surface area (Å²) in [4.78, 5) is 13.6. The molecule has 0 saturated carbocycles. The normalized spacial score (nSPS) is 21.2. The highest BCUT2D eigenvalue weighted by Gasteiger charge is 2.25. The number of carbonyl (C=O) groups excluding carboxylic acids is 1. The largest absolute Gasteiger partial charge is 0.396 e. The van der Waals surface area contributed by atoms with Gasteiger partial charge in [0.1, 0.15) is 0 Å². The van der Waals surface area contributed by atoms with Gasteiger partial charge in [-0.15, -0.1) is 0 Å². The topological polar surface area (TPSA) is 72.8 Å². The maximum atomic E-state index is 11.5. The Labute approximate surface area is 96.4 Å². The van der Waals surface area contributed by atoms with Crippen LogP contribution >= 0.6 is 0 Å². The predicted octanol–water partition coefficient (Wildman–Crippen LogP) is -0.668. The Hall–Kier alpha value is -0.650. The second-order valence-corrected chi connectivity index (χ2v) is 4.21. The first-order valence-electron chi connectivity index (χ1n) is 6.00. The predicted molar refractivity (Wildman–Crippen MR) is 61.0 cm³/mol. The van der Waals surface area contributed by atoms with E-state index in [1.165, 1.54) is 0 Å². The lowest BCUT2D eigenvalue weighted by molar-refractivity contribution is -0.122. The van der Waals surface area contributed by atoms with Gasteiger partial charge >= 0.3 is 0 Å². The molecule has 3 N–H and O–H groups in total. The highest BCUT2D eigenvalue weighted by atomic mass is 16.3. The van der Waals surface area contributed by atoms with Crippen molar-refractivity contribution in [3.8, 4) is 0 Å². The molecule has 1 aliphatic rings. The molecule has 5 heteroatoms. The summed E-state index contributed by atoms with van der Waals surface area (Å²) in [6.45, 7) is 1.91. The molecule has 1 amide bonds. The van der Waals surface area contributed by atoms with E-state index >= 15 is 0 Å². The highest BCUT2D eigenvalue weighted by molar-refractivity contribution is 5.78. The first kappa shape index (κ1) is 13.4. The molecule has 1 fully saturated rings. The van der Waals surface area contributed by atoms with Gasteiger partial charge in [0.2, 0.25) is 5.91 Å². The number of aliphatic hydroxyl groups excluding tert-OH is 2. The van der Waals surface area contributed by atoms with Crippen LogP contribution in [-0.2, 0) is 4.79 Å². The molecular formula is C11H22N2O3. The summed E-state index contributed by atoms with van der Waals surface area (Å²) < 4.78 is 0. The van der Waals surface area contributed by atoms with Gasteiger partial charge in [-0.05, 0) is 32.2 Å². The van der Waals surface area contributed by atoms with Gasteiger partial charge in [-0.3, -0.25) is 9.69 Å². The number of amides is 1. The summed E-state index contributed by atoms with van der Waals surface area (Å²) in [5.41, 5.74) is 0. The molecule has 0 bridgehead atoms. The van der Waals surface area contributed by atoms with Gasteiger partial charge in [-0.25, -0.2) is 0 Å². The number of carbonyl (C=O) groups is 1. The van der Waals surface area contributed by atoms with E-state index in [-0.39, 0.29) is 19.1 Å². The molecule has 0 radical (unpaired) electrons. The van der Waals surface area contributed by atoms with E-state index in [9.17, 15) is 4.79 Å². The van der Waals surface area contributed by atoms with Crippen LogP contribution in [0.3, 0.4) is 0 Å². The third kappa shape index (κ3) is 4.47. The van der Waals surface area contributed by atoms with Crippen molar-refractivity contribution in [3.63, 3.8) is 0 Å². The molecule has 94 valence electrons. The molecule has 0 aromatic heterocycles. The molecule has 1 rings (SSSR count). The third-order valence-corrected chi connectivity index (χ3v) is 2.98. The number of rotatable bonds is 7. The summed E-state index contributed by atoms with van der Waals surface area (Å²) in [6, 6.07) is 0.437. The standard InChI is InChI=1S/C11H22N2O3/c14-7-2-4-10-3-1-6-13(10)9-11(16)12-5-8-15/h10,14-15H,1-9H2,(H,12,16). The molecule has 0 aliphatic carbocycles. The Balaban J connectivity index is 2.25. The SMILES string of the molecule is O=C(CN1CCCC1CCCO)NCCO. The van der Waals surface area contributed by atoms with Crippen LogP contribution in [0, 0.1) is 0 Å². The molecule has 1 saturated heterocycles. The zero-order valence-corrected chi connectivity index (χ0v) is 9.69. The fourth-order valence-electron chi connectivity index (χ4n) is 2.19. The van der Waals surface area contributed by atoms with Crippen molar-refractivity contribution >= 4 is 5.91 Å². The molecule has 1 unspecified atom stereocenters. The summed E-state index contributed by atoms with van der Waals surface area (Å²) in [5.74, 6) is -0.0232. The Morgan fingerprint density at radius 2 is 2.19 bits per heavy atom. The van der Waals surface area contributed by atoms with Crippen molar-refractivity contribution in [3.05, 3.63) is 0 Å². The lowest BCUT2D eigenvalue weighted by Gasteiger charge is -2.23. The summed E-state index contributed by atoms with van der Waals surface area (Å²) in [6.07, 6.45) is 4.01. The minimum Gasteiger partial charge on any atom is -0.396 e. The summed E-state index contributed by atoms with van der Waals surface area (Å²) in [5, 5.41) is 20.0. The van der Waals surface area contributed by atoms with E-state index in [4.69, 9.17) is 10.2 Å². The van der Waals surface area contributed by atoms with Crippen molar-refractivity contribution in [2.45, 2.75) is 31.7 Å². The quantitative estimate of drug-likeness (QED) is 0.542. The second-order valence-electron chi connectivity index (χ2n) is 4.21. The monoisotopic (exact) mass is 230 g/mol. The first-order chi connectivity index (χ1) is 7.77. The van der Waals surface area contributed by atoms with Gasteiger partial charge in [0.05, 0.1) is 13.2 Å². The van der Waals surface area contributed by atoms with Crippen LogP contribution in [0.4, 0.5) is 0 Å². The molecule has 1 aliphatic heterocycles. The van der Waals surface area contributed by atoms with Crippen molar-refractivity contribution in [2.75, 3.05) is 32.8 Å². The van der Waals surface area contributed by atoms with Gasteiger partial charge in [-0.1, -0.05) is 0 Å². The van der Waals surface area contributed by atoms with Gasteiger partial charge < -0.3 is 15.5 Å². The Kier molecular flexibility index (Phi) is 6.37. The molecule has 1 heterocycles. The van der Waals surface area contributed by atoms with Gasteiger partial charge in [0.25, 0.3) is 0 Å². The second kappa shape index (κ2) is 7.60. The van der Waals surface area contributed by atoms with Crippen LogP contribution in [0.1, 0.15) is 25.7 Å². The number of hydrogen-bond acceptors (Lipinski definition) is 4. The smallest absolute Gasteiger partial charge is 0.234 e. The molecule has 5 nitrogen and oxygen atoms in total. The van der Waals surface area contributed by atoms with Gasteiger partial charge in [0.15, 0.2) is 0 Å². The fourth-order valence-corrected chi connectivity index (χ4v) is 2.19. The first-order valence-corrected chi connectivity index (χ1v) is 6.00. The molecule has 0 spiro atoms. The van der Waals surface area contributed by atoms with Crippen LogP contribution in [-0.4, -0.2) is 59.9 Å². The number of nitrogens with zero attached hydrogens (tertiary/aromatic N) is 1. The molecular weight excluding hydrogens is 208 g/mol. The summed E-state index contributed by atoms with van der Waals surface area (Å²) in [7, 11) is 0. The zero-order valence-electron chi connectivity index (χ0n) is 9.69. The zero-order chi connectivity index (χ0) is 11.8. The van der Waals surface area contributed by atoms with Crippen molar-refractivity contribution in [1.82, 2.24) is 10.2 Å². The van der Waals surface area contributed by atoms with Crippen LogP contribution in [0.5, 0.6) is 0 Å². The number of nitrogens with one attached hydrogen (secondary N) is 1. The third-order valence-electron chi connectivity index (χ3n) is 2.98. The molecule has 1 atom stereocenters. The number of hydrogen-bond donors (Lipinski definition) is 3. The van der Waals surface area contributed by atoms with E-state index in [1.807, 2.05) is 0 Å². The van der Waals surface area contributed by atoms with Crippen LogP contribution in [0.15, 0.2) is 0 Å². The van der Waals surface area contributed by atoms with E-state index in [0.29, 0.717) is 19.1 Å². The van der Waals surface area contributed by atoms with E-state index in [1.54, 1.807) is 0 Å². The average Bonchev–Trinajstić information content (AvgIpc) is 2.71. The van der Waals surface area contributed by atoms with E-state index in [2.05, 4.69) is 10.2 Å². The van der Waals surface area contributed by atoms with Crippen molar-refractivity contribution in [1.29, 1.82) is 0 Å². The van der Waals surface area contributed by atoms with Crippen LogP contribution in [0.25, 0.3) is 0 Å². The number of aliphatic hydroxyl groups is 2. The van der Waals surface area contributed by atoms with Gasteiger partial charge in [-0.2, -0.15) is 0 Å². The Bertz CT molecular complexity index is 211. The Morgan fingerprint density at radius 3 is 2.88 bits per heavy atom. The lowest BCUT2D eigenvalue weighted by Crippen LogP contribution is -2.40. The highest BCUT2D eigenvalue weighted by Crippen LogP contribution is 2.20. The maximum absolute atomic E-state index is 11.5. The van der Waals surface area contributed by atoms with Crippen LogP contribution < -0.4 is 5.32 Å². The van der Waals surface area contributed by atoms with Gasteiger partial charge in [0, 0.05) is 19.2 Å². The Morgan fingerprint density at radius 1 is 1.38 bits per heavy atom. The van der Waals surface area contributed by atoms with Crippen LogP contribution in [0.2, 0.25) is 0 Å². The van der Waals surface area contributed by atoms with Crippen molar-refractivity contribution < 1.29 is 15.0 Å². The average molecular weight is 230 g/mol. The molecule has 0 aromatic carbocycles.